The zero-order valence-corrected chi connectivity index (χ0v) is 14.3. The first-order chi connectivity index (χ1) is 10.8. The standard InChI is InChI=1S/C15H20N4O3S/c1-8(2)5-11(15(21)22)18-13(20)12-9(3)17-14(23-12)10-6-16-19(4)7-10/h6-8,11H,5H2,1-4H3,(H,18,20)(H,21,22)/t11-/m1/s1. The van der Waals surface area contributed by atoms with Crippen molar-refractivity contribution in [3.8, 4) is 10.6 Å². The Kier molecular flexibility index (Phi) is 5.15. The second kappa shape index (κ2) is 6.91. The molecule has 23 heavy (non-hydrogen) atoms. The molecule has 1 amide bonds. The minimum atomic E-state index is -1.03. The summed E-state index contributed by atoms with van der Waals surface area (Å²) in [4.78, 5) is 28.5. The molecule has 0 bridgehead atoms. The van der Waals surface area contributed by atoms with E-state index in [0.29, 0.717) is 22.0 Å². The molecule has 0 aliphatic heterocycles. The van der Waals surface area contributed by atoms with Gasteiger partial charge in [-0.25, -0.2) is 9.78 Å². The SMILES string of the molecule is Cc1nc(-c2cnn(C)c2)sc1C(=O)N[C@H](CC(C)C)C(=O)O. The molecule has 0 radical (unpaired) electrons. The number of hydrogen-bond acceptors (Lipinski definition) is 5. The highest BCUT2D eigenvalue weighted by atomic mass is 32.1. The van der Waals surface area contributed by atoms with Crippen LogP contribution in [-0.2, 0) is 11.8 Å². The van der Waals surface area contributed by atoms with Gasteiger partial charge in [0.25, 0.3) is 5.91 Å². The van der Waals surface area contributed by atoms with Crippen molar-refractivity contribution in [2.24, 2.45) is 13.0 Å². The van der Waals surface area contributed by atoms with Crippen LogP contribution in [0.2, 0.25) is 0 Å². The van der Waals surface area contributed by atoms with Crippen molar-refractivity contribution < 1.29 is 14.7 Å². The van der Waals surface area contributed by atoms with Gasteiger partial charge in [0.2, 0.25) is 0 Å². The molecular formula is C15H20N4O3S. The summed E-state index contributed by atoms with van der Waals surface area (Å²) in [5.41, 5.74) is 1.41. The molecule has 0 saturated heterocycles. The number of thiazole rings is 1. The highest BCUT2D eigenvalue weighted by Gasteiger charge is 2.24. The molecule has 0 saturated carbocycles. The van der Waals surface area contributed by atoms with E-state index in [1.165, 1.54) is 11.3 Å². The molecule has 7 nitrogen and oxygen atoms in total. The number of nitrogens with zero attached hydrogens (tertiary/aromatic N) is 3. The molecule has 0 fully saturated rings. The third-order valence-electron chi connectivity index (χ3n) is 3.27. The first kappa shape index (κ1) is 17.1. The Bertz CT molecular complexity index is 720. The monoisotopic (exact) mass is 336 g/mol. The lowest BCUT2D eigenvalue weighted by atomic mass is 10.0. The number of aliphatic carboxylic acids is 1. The number of carboxylic acids is 1. The normalized spacial score (nSPS) is 12.4. The predicted octanol–water partition coefficient (Wildman–Crippen LogP) is 2.08. The van der Waals surface area contributed by atoms with Crippen molar-refractivity contribution in [1.82, 2.24) is 20.1 Å². The lowest BCUT2D eigenvalue weighted by Gasteiger charge is -2.15. The van der Waals surface area contributed by atoms with E-state index in [1.807, 2.05) is 20.0 Å². The third kappa shape index (κ3) is 4.16. The fourth-order valence-electron chi connectivity index (χ4n) is 2.18. The van der Waals surface area contributed by atoms with Gasteiger partial charge < -0.3 is 10.4 Å². The number of hydrogen-bond donors (Lipinski definition) is 2. The molecule has 2 N–H and O–H groups in total. The van der Waals surface area contributed by atoms with Crippen molar-refractivity contribution in [3.05, 3.63) is 23.0 Å². The van der Waals surface area contributed by atoms with E-state index < -0.39 is 17.9 Å². The van der Waals surface area contributed by atoms with E-state index in [4.69, 9.17) is 0 Å². The quantitative estimate of drug-likeness (QED) is 0.842. The first-order valence-electron chi connectivity index (χ1n) is 7.28. The highest BCUT2D eigenvalue weighted by Crippen LogP contribution is 2.27. The second-order valence-corrected chi connectivity index (χ2v) is 6.83. The molecule has 2 aromatic rings. The summed E-state index contributed by atoms with van der Waals surface area (Å²) in [6.07, 6.45) is 3.88. The van der Waals surface area contributed by atoms with E-state index in [-0.39, 0.29) is 5.92 Å². The van der Waals surface area contributed by atoms with Gasteiger partial charge in [-0.05, 0) is 19.3 Å². The Hall–Kier alpha value is -2.22. The van der Waals surface area contributed by atoms with Crippen LogP contribution in [0.1, 0.15) is 35.6 Å². The fraction of sp³-hybridized carbons (Fsp3) is 0.467. The molecule has 2 heterocycles. The lowest BCUT2D eigenvalue weighted by Crippen LogP contribution is -2.41. The topological polar surface area (TPSA) is 97.1 Å². The molecule has 1 atom stereocenters. The van der Waals surface area contributed by atoms with Crippen molar-refractivity contribution in [3.63, 3.8) is 0 Å². The largest absolute Gasteiger partial charge is 0.480 e. The molecule has 8 heteroatoms. The summed E-state index contributed by atoms with van der Waals surface area (Å²) in [7, 11) is 1.81. The van der Waals surface area contributed by atoms with Crippen LogP contribution < -0.4 is 5.32 Å². The summed E-state index contributed by atoms with van der Waals surface area (Å²) < 4.78 is 1.66. The van der Waals surface area contributed by atoms with E-state index >= 15 is 0 Å². The number of carboxylic acid groups (broad SMARTS) is 1. The van der Waals surface area contributed by atoms with E-state index in [0.717, 1.165) is 5.56 Å². The van der Waals surface area contributed by atoms with Gasteiger partial charge in [0, 0.05) is 18.8 Å². The molecule has 0 aromatic carbocycles. The van der Waals surface area contributed by atoms with Crippen molar-refractivity contribution in [2.45, 2.75) is 33.2 Å². The minimum Gasteiger partial charge on any atom is -0.480 e. The van der Waals surface area contributed by atoms with Crippen molar-refractivity contribution in [2.75, 3.05) is 0 Å². The number of aromatic nitrogens is 3. The molecule has 0 aliphatic rings. The Morgan fingerprint density at radius 1 is 1.43 bits per heavy atom. The van der Waals surface area contributed by atoms with Gasteiger partial charge in [0.1, 0.15) is 15.9 Å². The summed E-state index contributed by atoms with van der Waals surface area (Å²) in [6, 6.07) is -0.897. The molecule has 124 valence electrons. The van der Waals surface area contributed by atoms with Gasteiger partial charge in [-0.1, -0.05) is 13.8 Å². The van der Waals surface area contributed by atoms with Crippen LogP contribution in [0.5, 0.6) is 0 Å². The number of carbonyl (C=O) groups excluding carboxylic acids is 1. The van der Waals surface area contributed by atoms with Crippen LogP contribution in [0.25, 0.3) is 10.6 Å². The van der Waals surface area contributed by atoms with Gasteiger partial charge in [-0.3, -0.25) is 9.48 Å². The first-order valence-corrected chi connectivity index (χ1v) is 8.09. The zero-order valence-electron chi connectivity index (χ0n) is 13.5. The molecular weight excluding hydrogens is 316 g/mol. The molecule has 2 aromatic heterocycles. The predicted molar refractivity (Wildman–Crippen MR) is 87.4 cm³/mol. The van der Waals surface area contributed by atoms with Crippen LogP contribution in [0.15, 0.2) is 12.4 Å². The average Bonchev–Trinajstić information content (AvgIpc) is 3.03. The Morgan fingerprint density at radius 2 is 2.13 bits per heavy atom. The third-order valence-corrected chi connectivity index (χ3v) is 4.47. The molecule has 0 aliphatic carbocycles. The number of aryl methyl sites for hydroxylation is 2. The highest BCUT2D eigenvalue weighted by molar-refractivity contribution is 7.17. The zero-order chi connectivity index (χ0) is 17.1. The fourth-order valence-corrected chi connectivity index (χ4v) is 3.12. The van der Waals surface area contributed by atoms with Gasteiger partial charge in [0.05, 0.1) is 11.9 Å². The summed E-state index contributed by atoms with van der Waals surface area (Å²) in [5.74, 6) is -1.25. The van der Waals surface area contributed by atoms with Crippen LogP contribution >= 0.6 is 11.3 Å². The van der Waals surface area contributed by atoms with Gasteiger partial charge in [0.15, 0.2) is 0 Å². The van der Waals surface area contributed by atoms with Crippen LogP contribution in [0.3, 0.4) is 0 Å². The number of rotatable bonds is 6. The Labute approximate surface area is 138 Å². The van der Waals surface area contributed by atoms with Gasteiger partial charge in [-0.2, -0.15) is 5.10 Å². The second-order valence-electron chi connectivity index (χ2n) is 5.83. The van der Waals surface area contributed by atoms with Crippen LogP contribution in [0.4, 0.5) is 0 Å². The maximum Gasteiger partial charge on any atom is 0.326 e. The average molecular weight is 336 g/mol. The van der Waals surface area contributed by atoms with E-state index in [9.17, 15) is 14.7 Å². The summed E-state index contributed by atoms with van der Waals surface area (Å²) in [5, 5.41) is 16.6. The number of carbonyl (C=O) groups is 2. The van der Waals surface area contributed by atoms with Crippen molar-refractivity contribution in [1.29, 1.82) is 0 Å². The minimum absolute atomic E-state index is 0.171. The van der Waals surface area contributed by atoms with Gasteiger partial charge in [-0.15, -0.1) is 11.3 Å². The van der Waals surface area contributed by atoms with Crippen molar-refractivity contribution >= 4 is 23.2 Å². The van der Waals surface area contributed by atoms with E-state index in [2.05, 4.69) is 15.4 Å². The molecule has 0 unspecified atom stereocenters. The Balaban J connectivity index is 2.19. The van der Waals surface area contributed by atoms with E-state index in [1.54, 1.807) is 24.9 Å². The summed E-state index contributed by atoms with van der Waals surface area (Å²) in [6.45, 7) is 5.57. The van der Waals surface area contributed by atoms with Gasteiger partial charge >= 0.3 is 5.97 Å². The summed E-state index contributed by atoms with van der Waals surface area (Å²) >= 11 is 1.24. The maximum absolute atomic E-state index is 12.4. The molecule has 2 rings (SSSR count). The smallest absolute Gasteiger partial charge is 0.326 e. The van der Waals surface area contributed by atoms with Crippen LogP contribution in [0, 0.1) is 12.8 Å². The lowest BCUT2D eigenvalue weighted by molar-refractivity contribution is -0.139. The molecule has 0 spiro atoms. The number of amides is 1. The number of nitrogens with one attached hydrogen (secondary N) is 1. The Morgan fingerprint density at radius 3 is 2.65 bits per heavy atom. The van der Waals surface area contributed by atoms with Crippen LogP contribution in [-0.4, -0.2) is 37.8 Å². The maximum atomic E-state index is 12.4.